The molecule has 6 rings (SSSR count). The number of nitrogens with zero attached hydrogens (tertiary/aromatic N) is 3. The Hall–Kier alpha value is -2.96. The lowest BCUT2D eigenvalue weighted by Gasteiger charge is -2.20. The first-order valence-electron chi connectivity index (χ1n) is 11.2. The summed E-state index contributed by atoms with van der Waals surface area (Å²) in [6.45, 7) is 0. The fourth-order valence-electron chi connectivity index (χ4n) is 5.27. The Kier molecular flexibility index (Phi) is 4.62. The van der Waals surface area contributed by atoms with Gasteiger partial charge in [-0.15, -0.1) is 0 Å². The third-order valence-electron chi connectivity index (χ3n) is 6.88. The molecule has 2 aliphatic heterocycles. The first-order valence-corrected chi connectivity index (χ1v) is 11.2. The molecular formula is C25H27N5O. The van der Waals surface area contributed by atoms with Crippen LogP contribution in [0.3, 0.4) is 0 Å². The zero-order chi connectivity index (χ0) is 20.8. The van der Waals surface area contributed by atoms with Crippen LogP contribution in [0.2, 0.25) is 0 Å². The Morgan fingerprint density at radius 3 is 2.87 bits per heavy atom. The molecule has 1 unspecified atom stereocenters. The van der Waals surface area contributed by atoms with Crippen LogP contribution in [0.1, 0.15) is 54.1 Å². The van der Waals surface area contributed by atoms with E-state index in [0.717, 1.165) is 54.5 Å². The maximum atomic E-state index is 10.7. The second-order valence-corrected chi connectivity index (χ2v) is 8.90. The van der Waals surface area contributed by atoms with Gasteiger partial charge in [-0.1, -0.05) is 36.4 Å². The summed E-state index contributed by atoms with van der Waals surface area (Å²) >= 11 is 0. The molecular weight excluding hydrogens is 386 g/mol. The van der Waals surface area contributed by atoms with E-state index in [1.165, 1.54) is 11.3 Å². The molecule has 6 heteroatoms. The third kappa shape index (κ3) is 3.46. The topological polar surface area (TPSA) is 78.8 Å². The number of hydrogen-bond acceptors (Lipinski definition) is 4. The van der Waals surface area contributed by atoms with Gasteiger partial charge in [-0.3, -0.25) is 4.68 Å². The summed E-state index contributed by atoms with van der Waals surface area (Å²) in [5.41, 5.74) is 5.66. The second kappa shape index (κ2) is 7.62. The SMILES string of the molecule is O[C@H](c1ccccc1)[C@H]1CC[C@@H](Cc2ccc3nc(C4CCc5ccnn54)[nH]c3c2)N1. The molecule has 0 saturated carbocycles. The average molecular weight is 414 g/mol. The Morgan fingerprint density at radius 2 is 1.97 bits per heavy atom. The summed E-state index contributed by atoms with van der Waals surface area (Å²) in [5.74, 6) is 1.000. The van der Waals surface area contributed by atoms with Gasteiger partial charge in [0.15, 0.2) is 0 Å². The Bertz CT molecular complexity index is 1200. The van der Waals surface area contributed by atoms with Crippen LogP contribution in [-0.4, -0.2) is 36.9 Å². The van der Waals surface area contributed by atoms with Gasteiger partial charge in [-0.2, -0.15) is 5.10 Å². The van der Waals surface area contributed by atoms with E-state index >= 15 is 0 Å². The van der Waals surface area contributed by atoms with E-state index in [2.05, 4.69) is 44.3 Å². The second-order valence-electron chi connectivity index (χ2n) is 8.90. The maximum Gasteiger partial charge on any atom is 0.132 e. The smallest absolute Gasteiger partial charge is 0.132 e. The summed E-state index contributed by atoms with van der Waals surface area (Å²) in [4.78, 5) is 8.40. The largest absolute Gasteiger partial charge is 0.387 e. The molecule has 4 atom stereocenters. The number of benzene rings is 2. The molecule has 4 aromatic rings. The van der Waals surface area contributed by atoms with Crippen molar-refractivity contribution in [3.05, 3.63) is 83.4 Å². The molecule has 2 aromatic carbocycles. The predicted octanol–water partition coefficient (Wildman–Crippen LogP) is 3.69. The summed E-state index contributed by atoms with van der Waals surface area (Å²) in [5, 5.41) is 18.9. The van der Waals surface area contributed by atoms with Gasteiger partial charge < -0.3 is 15.4 Å². The highest BCUT2D eigenvalue weighted by Crippen LogP contribution is 2.31. The number of fused-ring (bicyclic) bond motifs is 2. The van der Waals surface area contributed by atoms with Gasteiger partial charge in [0, 0.05) is 24.0 Å². The van der Waals surface area contributed by atoms with E-state index in [1.54, 1.807) is 0 Å². The molecule has 2 aliphatic rings. The minimum absolute atomic E-state index is 0.112. The quantitative estimate of drug-likeness (QED) is 0.466. The zero-order valence-electron chi connectivity index (χ0n) is 17.4. The number of H-pyrrole nitrogens is 1. The first-order chi connectivity index (χ1) is 15.2. The van der Waals surface area contributed by atoms with Crippen molar-refractivity contribution in [1.82, 2.24) is 25.1 Å². The molecule has 0 bridgehead atoms. The molecule has 2 aromatic heterocycles. The molecule has 1 saturated heterocycles. The lowest BCUT2D eigenvalue weighted by Crippen LogP contribution is -2.35. The molecule has 3 N–H and O–H groups in total. The van der Waals surface area contributed by atoms with Gasteiger partial charge in [-0.05, 0) is 61.4 Å². The Balaban J connectivity index is 1.16. The minimum Gasteiger partial charge on any atom is -0.387 e. The monoisotopic (exact) mass is 413 g/mol. The van der Waals surface area contributed by atoms with Crippen molar-refractivity contribution in [3.8, 4) is 0 Å². The molecule has 4 heterocycles. The zero-order valence-corrected chi connectivity index (χ0v) is 17.4. The van der Waals surface area contributed by atoms with Crippen molar-refractivity contribution in [3.63, 3.8) is 0 Å². The number of aromatic nitrogens is 4. The maximum absolute atomic E-state index is 10.7. The Morgan fingerprint density at radius 1 is 1.06 bits per heavy atom. The van der Waals surface area contributed by atoms with Crippen LogP contribution in [0.5, 0.6) is 0 Å². The summed E-state index contributed by atoms with van der Waals surface area (Å²) in [6.07, 6.45) is 6.54. The number of hydrogen-bond donors (Lipinski definition) is 3. The number of aliphatic hydroxyl groups is 1. The number of imidazole rings is 1. The van der Waals surface area contributed by atoms with Crippen LogP contribution in [0, 0.1) is 0 Å². The van der Waals surface area contributed by atoms with Crippen LogP contribution < -0.4 is 5.32 Å². The van der Waals surface area contributed by atoms with Crippen molar-refractivity contribution in [2.24, 2.45) is 0 Å². The predicted molar refractivity (Wildman–Crippen MR) is 120 cm³/mol. The highest BCUT2D eigenvalue weighted by molar-refractivity contribution is 5.76. The van der Waals surface area contributed by atoms with Gasteiger partial charge in [0.25, 0.3) is 0 Å². The lowest BCUT2D eigenvalue weighted by molar-refractivity contribution is 0.135. The number of rotatable bonds is 5. The van der Waals surface area contributed by atoms with E-state index in [-0.39, 0.29) is 12.1 Å². The minimum atomic E-state index is -0.456. The molecule has 31 heavy (non-hydrogen) atoms. The highest BCUT2D eigenvalue weighted by Gasteiger charge is 2.30. The van der Waals surface area contributed by atoms with Crippen molar-refractivity contribution in [2.75, 3.05) is 0 Å². The van der Waals surface area contributed by atoms with Gasteiger partial charge in [0.05, 0.1) is 17.1 Å². The van der Waals surface area contributed by atoms with Crippen LogP contribution in [-0.2, 0) is 12.8 Å². The van der Waals surface area contributed by atoms with E-state index in [0.29, 0.717) is 6.04 Å². The van der Waals surface area contributed by atoms with Crippen LogP contribution in [0.25, 0.3) is 11.0 Å². The van der Waals surface area contributed by atoms with E-state index in [4.69, 9.17) is 4.98 Å². The number of nitrogens with one attached hydrogen (secondary N) is 2. The van der Waals surface area contributed by atoms with Crippen molar-refractivity contribution in [2.45, 2.75) is 56.3 Å². The molecule has 6 nitrogen and oxygen atoms in total. The molecule has 0 radical (unpaired) electrons. The van der Waals surface area contributed by atoms with Gasteiger partial charge in [0.1, 0.15) is 11.9 Å². The standard InChI is InChI=1S/C25H27N5O/c31-24(17-4-2-1-3-5-17)21-10-7-18(27-21)14-16-6-9-20-22(15-16)29-25(28-20)23-11-8-19-12-13-26-30(19)23/h1-6,9,12-13,15,18,21,23-24,27,31H,7-8,10-11,14H2,(H,28,29)/t18-,21+,23?,24+/m0/s1. The highest BCUT2D eigenvalue weighted by atomic mass is 16.3. The summed E-state index contributed by atoms with van der Waals surface area (Å²) in [7, 11) is 0. The number of aliphatic hydroxyl groups excluding tert-OH is 1. The van der Waals surface area contributed by atoms with Crippen molar-refractivity contribution >= 4 is 11.0 Å². The van der Waals surface area contributed by atoms with Crippen LogP contribution >= 0.6 is 0 Å². The fourth-order valence-corrected chi connectivity index (χ4v) is 5.27. The van der Waals surface area contributed by atoms with Crippen LogP contribution in [0.4, 0.5) is 0 Å². The molecule has 0 spiro atoms. The Labute approximate surface area is 181 Å². The van der Waals surface area contributed by atoms with E-state index in [1.807, 2.05) is 36.5 Å². The third-order valence-corrected chi connectivity index (χ3v) is 6.88. The van der Waals surface area contributed by atoms with E-state index in [9.17, 15) is 5.11 Å². The fraction of sp³-hybridized carbons (Fsp3) is 0.360. The summed E-state index contributed by atoms with van der Waals surface area (Å²) in [6, 6.07) is 19.3. The number of aromatic amines is 1. The molecule has 0 aliphatic carbocycles. The number of aryl methyl sites for hydroxylation is 1. The molecule has 0 amide bonds. The van der Waals surface area contributed by atoms with Gasteiger partial charge in [-0.25, -0.2) is 4.98 Å². The van der Waals surface area contributed by atoms with Crippen molar-refractivity contribution < 1.29 is 5.11 Å². The normalized spacial score (nSPS) is 24.0. The van der Waals surface area contributed by atoms with E-state index < -0.39 is 6.10 Å². The first kappa shape index (κ1) is 18.8. The summed E-state index contributed by atoms with van der Waals surface area (Å²) < 4.78 is 2.10. The molecule has 158 valence electrons. The van der Waals surface area contributed by atoms with Crippen molar-refractivity contribution in [1.29, 1.82) is 0 Å². The van der Waals surface area contributed by atoms with Crippen LogP contribution in [0.15, 0.2) is 60.8 Å². The molecule has 1 fully saturated rings. The van der Waals surface area contributed by atoms with Gasteiger partial charge in [0.2, 0.25) is 0 Å². The lowest BCUT2D eigenvalue weighted by atomic mass is 10.0. The average Bonchev–Trinajstić information content (AvgIpc) is 3.57. The van der Waals surface area contributed by atoms with Gasteiger partial charge >= 0.3 is 0 Å².